The molecule has 5 aromatic heterocycles. The van der Waals surface area contributed by atoms with Crippen molar-refractivity contribution in [3.63, 3.8) is 0 Å². The Morgan fingerprint density at radius 3 is 0.523 bits per heavy atom. The lowest BCUT2D eigenvalue weighted by molar-refractivity contribution is 0.289. The second-order valence-electron chi connectivity index (χ2n) is 35.4. The van der Waals surface area contributed by atoms with E-state index in [1.54, 1.807) is 0 Å². The molecule has 1 aliphatic carbocycles. The van der Waals surface area contributed by atoms with Gasteiger partial charge in [0, 0.05) is 69.5 Å². The van der Waals surface area contributed by atoms with Gasteiger partial charge in [-0.2, -0.15) is 0 Å². The number of pyridine rings is 5. The molecule has 107 heavy (non-hydrogen) atoms. The highest BCUT2D eigenvalue weighted by Crippen LogP contribution is 2.47. The maximum absolute atomic E-state index is 13.6. The predicted molar refractivity (Wildman–Crippen MR) is 432 cm³/mol. The summed E-state index contributed by atoms with van der Waals surface area (Å²) in [7, 11) is 0. The van der Waals surface area contributed by atoms with Crippen LogP contribution in [0.15, 0.2) is 195 Å². The number of phenolic OH excluding ortho intramolecular Hbond substituents is 1. The van der Waals surface area contributed by atoms with Crippen LogP contribution in [0.2, 0.25) is 0 Å². The van der Waals surface area contributed by atoms with Crippen LogP contribution in [0.25, 0.3) is 0 Å². The summed E-state index contributed by atoms with van der Waals surface area (Å²) in [6.45, 7) is 42.1. The van der Waals surface area contributed by atoms with Crippen LogP contribution in [-0.2, 0) is 104 Å². The molecule has 0 saturated carbocycles. The van der Waals surface area contributed by atoms with E-state index in [4.69, 9.17) is 48.6 Å². The fourth-order valence-corrected chi connectivity index (χ4v) is 14.0. The van der Waals surface area contributed by atoms with Crippen molar-refractivity contribution in [2.75, 3.05) is 0 Å². The van der Waals surface area contributed by atoms with Gasteiger partial charge in [-0.3, -0.25) is 24.9 Å². The van der Waals surface area contributed by atoms with Gasteiger partial charge in [-0.25, -0.2) is 0 Å². The van der Waals surface area contributed by atoms with Gasteiger partial charge in [-0.1, -0.05) is 228 Å². The summed E-state index contributed by atoms with van der Waals surface area (Å²) in [5, 5.41) is 13.6. The Balaban J connectivity index is 1.21. The van der Waals surface area contributed by atoms with Gasteiger partial charge in [-0.15, -0.1) is 0 Å². The van der Waals surface area contributed by atoms with Gasteiger partial charge in [0.2, 0.25) is 0 Å². The molecule has 0 saturated heterocycles. The van der Waals surface area contributed by atoms with Crippen molar-refractivity contribution in [3.05, 3.63) is 323 Å². The standard InChI is InChI=1S/C96H109N5O6/c1-91(2,3)74-45-62-39-64-47-75(92(4,5)6)49-66(86(64)103-57-80-29-19-24-34-97-80)41-68-51-77(94(10,11)12)53-70(88(68)105-59-82-31-21-26-36-99-82)43-72-55-79(96(16,17)18)56-73(90(72)107-61-84-33-23-28-38-101-84)44-71-54-78(95(13,14)15)52-69(89(71)106-60-83-32-22-27-37-100-83)42-67-50-76(93(7,8)9)48-65(40-63(46-74)85(62)102)87(67)104-58-81-30-20-25-35-98-81/h19-38,45-56,102H,39-44,57-61H2,1-18H3. The number of benzene rings is 6. The zero-order valence-electron chi connectivity index (χ0n) is 66.5. The summed E-state index contributed by atoms with van der Waals surface area (Å²) in [5.41, 5.74) is 20.5. The number of rotatable bonds is 15. The number of hydrogen-bond acceptors (Lipinski definition) is 11. The van der Waals surface area contributed by atoms with Crippen LogP contribution in [0.5, 0.6) is 34.5 Å². The van der Waals surface area contributed by atoms with E-state index in [1.165, 1.54) is 0 Å². The van der Waals surface area contributed by atoms with Crippen molar-refractivity contribution in [2.45, 2.75) is 229 Å². The molecular weight excluding hydrogens is 1320 g/mol. The molecule has 11 aromatic rings. The highest BCUT2D eigenvalue weighted by molar-refractivity contribution is 5.62. The summed E-state index contributed by atoms with van der Waals surface area (Å²) in [4.78, 5) is 24.1. The van der Waals surface area contributed by atoms with E-state index in [9.17, 15) is 5.11 Å². The van der Waals surface area contributed by atoms with E-state index >= 15 is 0 Å². The molecule has 11 nitrogen and oxygen atoms in total. The topological polar surface area (TPSA) is 131 Å². The highest BCUT2D eigenvalue weighted by Gasteiger charge is 2.32. The molecule has 0 spiro atoms. The summed E-state index contributed by atoms with van der Waals surface area (Å²) >= 11 is 0. The first kappa shape index (κ1) is 76.5. The van der Waals surface area contributed by atoms with Gasteiger partial charge < -0.3 is 28.8 Å². The molecule has 12 rings (SSSR count). The first-order chi connectivity index (χ1) is 50.7. The number of nitrogens with zero attached hydrogens (tertiary/aromatic N) is 5. The normalized spacial score (nSPS) is 13.1. The van der Waals surface area contributed by atoms with Crippen molar-refractivity contribution in [2.24, 2.45) is 0 Å². The summed E-state index contributed by atoms with van der Waals surface area (Å²) in [5.74, 6) is 4.01. The van der Waals surface area contributed by atoms with Crippen molar-refractivity contribution in [1.29, 1.82) is 0 Å². The van der Waals surface area contributed by atoms with Gasteiger partial charge >= 0.3 is 0 Å². The Bertz CT molecular complexity index is 4650. The Kier molecular flexibility index (Phi) is 22.4. The van der Waals surface area contributed by atoms with Crippen molar-refractivity contribution < 1.29 is 28.8 Å². The smallest absolute Gasteiger partial charge is 0.130 e. The Hall–Kier alpha value is -10.1. The molecule has 0 radical (unpaired) electrons. The zero-order valence-corrected chi connectivity index (χ0v) is 66.5. The van der Waals surface area contributed by atoms with Gasteiger partial charge in [0.15, 0.2) is 0 Å². The molecule has 6 aromatic carbocycles. The lowest BCUT2D eigenvalue weighted by Gasteiger charge is -2.29. The van der Waals surface area contributed by atoms with E-state index in [2.05, 4.69) is 197 Å². The molecule has 0 unspecified atom stereocenters. The molecule has 5 heterocycles. The predicted octanol–water partition coefficient (Wildman–Crippen LogP) is 21.9. The average molecular weight is 1430 g/mol. The third-order valence-corrected chi connectivity index (χ3v) is 20.4. The monoisotopic (exact) mass is 1430 g/mol. The quantitative estimate of drug-likeness (QED) is 0.105. The number of ether oxygens (including phenoxy) is 5. The molecule has 12 bridgehead atoms. The molecule has 0 amide bonds. The van der Waals surface area contributed by atoms with Crippen molar-refractivity contribution >= 4 is 0 Å². The summed E-state index contributed by atoms with van der Waals surface area (Å²) in [6.07, 6.45) is 11.6. The Morgan fingerprint density at radius 1 is 0.234 bits per heavy atom. The van der Waals surface area contributed by atoms with E-state index in [-0.39, 0.29) is 71.3 Å². The van der Waals surface area contributed by atoms with Crippen LogP contribution in [0.1, 0.15) is 253 Å². The van der Waals surface area contributed by atoms with Crippen LogP contribution >= 0.6 is 0 Å². The van der Waals surface area contributed by atoms with Gasteiger partial charge in [0.1, 0.15) is 67.5 Å². The van der Waals surface area contributed by atoms with Crippen LogP contribution in [0.3, 0.4) is 0 Å². The molecule has 11 heteroatoms. The van der Waals surface area contributed by atoms with Crippen LogP contribution < -0.4 is 23.7 Å². The van der Waals surface area contributed by atoms with E-state index in [0.29, 0.717) is 38.5 Å². The van der Waals surface area contributed by atoms with E-state index < -0.39 is 0 Å². The summed E-state index contributed by atoms with van der Waals surface area (Å²) < 4.78 is 37.2. The minimum atomic E-state index is -0.323. The Morgan fingerprint density at radius 2 is 0.383 bits per heavy atom. The molecule has 0 aliphatic heterocycles. The van der Waals surface area contributed by atoms with Crippen LogP contribution in [-0.4, -0.2) is 30.0 Å². The largest absolute Gasteiger partial charge is 0.507 e. The zero-order chi connectivity index (χ0) is 76.2. The van der Waals surface area contributed by atoms with Crippen LogP contribution in [0.4, 0.5) is 0 Å². The highest BCUT2D eigenvalue weighted by atomic mass is 16.5. The van der Waals surface area contributed by atoms with E-state index in [0.717, 1.165) is 157 Å². The first-order valence-electron chi connectivity index (χ1n) is 38.0. The van der Waals surface area contributed by atoms with Crippen molar-refractivity contribution in [3.8, 4) is 34.5 Å². The fraction of sp³-hybridized carbons (Fsp3) is 0.365. The fourth-order valence-electron chi connectivity index (χ4n) is 14.0. The van der Waals surface area contributed by atoms with E-state index in [1.807, 2.05) is 122 Å². The Labute approximate surface area is 636 Å². The van der Waals surface area contributed by atoms with Gasteiger partial charge in [0.05, 0.1) is 28.5 Å². The first-order valence-corrected chi connectivity index (χ1v) is 38.0. The van der Waals surface area contributed by atoms with Gasteiger partial charge in [-0.05, 0) is 193 Å². The molecule has 0 atom stereocenters. The van der Waals surface area contributed by atoms with Crippen LogP contribution in [0, 0.1) is 0 Å². The lowest BCUT2D eigenvalue weighted by Crippen LogP contribution is -2.17. The second-order valence-corrected chi connectivity index (χ2v) is 35.4. The third kappa shape index (κ3) is 19.0. The summed E-state index contributed by atoms with van der Waals surface area (Å²) in [6, 6.07) is 57.8. The second kappa shape index (κ2) is 31.4. The molecule has 554 valence electrons. The maximum atomic E-state index is 13.6. The maximum Gasteiger partial charge on any atom is 0.130 e. The number of aromatic nitrogens is 5. The number of fused-ring (bicyclic) bond motifs is 12. The molecule has 0 fully saturated rings. The SMILES string of the molecule is CC(C)(C)c1cc2c(O)c(c1)Cc1cc(C(C)(C)C)cc(c1OCc1ccccn1)Cc1cc(C(C)(C)C)cc(c1OCc1ccccn1)Cc1cc(C(C)(C)C)cc(c1OCc1ccccn1)Cc1cc(C(C)(C)C)cc(c1OCc1ccccn1)Cc1cc(C(C)(C)C)cc(c1OCc1ccccn1)C2. The molecular formula is C96H109N5O6. The van der Waals surface area contributed by atoms with Gasteiger partial charge in [0.25, 0.3) is 0 Å². The average Bonchev–Trinajstić information content (AvgIpc) is 0.767. The number of aromatic hydroxyl groups is 1. The van der Waals surface area contributed by atoms with Crippen molar-refractivity contribution in [1.82, 2.24) is 24.9 Å². The third-order valence-electron chi connectivity index (χ3n) is 20.4. The molecule has 1 N–H and O–H groups in total. The number of phenols is 1. The minimum Gasteiger partial charge on any atom is -0.507 e. The number of hydrogen-bond donors (Lipinski definition) is 1. The molecule has 1 aliphatic rings. The minimum absolute atomic E-state index is 0.214. The lowest BCUT2D eigenvalue weighted by atomic mass is 9.79.